The zero-order chi connectivity index (χ0) is 13.9. The molecule has 3 aromatic rings. The molecule has 100 valence electrons. The Hall–Kier alpha value is -2.69. The summed E-state index contributed by atoms with van der Waals surface area (Å²) in [5.74, 6) is -0.495. The highest BCUT2D eigenvalue weighted by atomic mass is 19.1. The van der Waals surface area contributed by atoms with Crippen LogP contribution in [0.4, 0.5) is 10.1 Å². The van der Waals surface area contributed by atoms with Crippen LogP contribution in [0.15, 0.2) is 55.0 Å². The van der Waals surface area contributed by atoms with Gasteiger partial charge >= 0.3 is 0 Å². The number of amides is 1. The van der Waals surface area contributed by atoms with Gasteiger partial charge in [0.25, 0.3) is 0 Å². The van der Waals surface area contributed by atoms with Crippen LogP contribution in [0.1, 0.15) is 0 Å². The standard InChI is InChI=1S/C15H12FN3O/c16-12-4-3-11-5-7-19(14(11)8-12)10-15(20)18-13-2-1-6-17-9-13/h1-9H,10H2,(H,18,20). The molecular formula is C15H12FN3O. The Labute approximate surface area is 114 Å². The maximum Gasteiger partial charge on any atom is 0.244 e. The fourth-order valence-electron chi connectivity index (χ4n) is 2.09. The second-order valence-electron chi connectivity index (χ2n) is 4.44. The lowest BCUT2D eigenvalue weighted by molar-refractivity contribution is -0.116. The van der Waals surface area contributed by atoms with E-state index in [-0.39, 0.29) is 18.3 Å². The van der Waals surface area contributed by atoms with Crippen molar-refractivity contribution in [1.82, 2.24) is 9.55 Å². The molecule has 0 aliphatic rings. The SMILES string of the molecule is O=C(Cn1ccc2ccc(F)cc21)Nc1cccnc1. The predicted octanol–water partition coefficient (Wildman–Crippen LogP) is 2.81. The highest BCUT2D eigenvalue weighted by Gasteiger charge is 2.07. The average Bonchev–Trinajstić information content (AvgIpc) is 2.82. The summed E-state index contributed by atoms with van der Waals surface area (Å²) in [6.07, 6.45) is 4.98. The van der Waals surface area contributed by atoms with E-state index in [0.29, 0.717) is 11.2 Å². The van der Waals surface area contributed by atoms with Crippen molar-refractivity contribution in [2.24, 2.45) is 0 Å². The number of anilines is 1. The Morgan fingerprint density at radius 1 is 1.30 bits per heavy atom. The first-order valence-corrected chi connectivity index (χ1v) is 6.17. The Morgan fingerprint density at radius 3 is 3.00 bits per heavy atom. The van der Waals surface area contributed by atoms with Crippen LogP contribution in [0.3, 0.4) is 0 Å². The summed E-state index contributed by atoms with van der Waals surface area (Å²) in [4.78, 5) is 15.9. The lowest BCUT2D eigenvalue weighted by Gasteiger charge is -2.07. The van der Waals surface area contributed by atoms with Crippen molar-refractivity contribution in [1.29, 1.82) is 0 Å². The molecule has 1 aromatic carbocycles. The second kappa shape index (κ2) is 5.13. The molecule has 3 rings (SSSR count). The van der Waals surface area contributed by atoms with E-state index in [1.807, 2.05) is 6.07 Å². The summed E-state index contributed by atoms with van der Waals surface area (Å²) in [5, 5.41) is 3.65. The molecule has 0 spiro atoms. The molecule has 2 heterocycles. The minimum Gasteiger partial charge on any atom is -0.338 e. The van der Waals surface area contributed by atoms with E-state index >= 15 is 0 Å². The van der Waals surface area contributed by atoms with E-state index in [4.69, 9.17) is 0 Å². The number of hydrogen-bond donors (Lipinski definition) is 1. The third kappa shape index (κ3) is 2.51. The van der Waals surface area contributed by atoms with Gasteiger partial charge in [0.15, 0.2) is 0 Å². The number of nitrogens with zero attached hydrogens (tertiary/aromatic N) is 2. The summed E-state index contributed by atoms with van der Waals surface area (Å²) < 4.78 is 15.0. The van der Waals surface area contributed by atoms with E-state index in [1.165, 1.54) is 12.1 Å². The number of nitrogens with one attached hydrogen (secondary N) is 1. The van der Waals surface area contributed by atoms with Gasteiger partial charge in [-0.05, 0) is 41.8 Å². The van der Waals surface area contributed by atoms with Crippen molar-refractivity contribution in [2.75, 3.05) is 5.32 Å². The number of halogens is 1. The molecule has 0 atom stereocenters. The Morgan fingerprint density at radius 2 is 2.20 bits per heavy atom. The van der Waals surface area contributed by atoms with Crippen molar-refractivity contribution in [3.8, 4) is 0 Å². The van der Waals surface area contributed by atoms with Crippen molar-refractivity contribution in [3.05, 3.63) is 60.8 Å². The maximum atomic E-state index is 13.3. The first-order chi connectivity index (χ1) is 9.72. The van der Waals surface area contributed by atoms with Gasteiger partial charge in [0.05, 0.1) is 17.4 Å². The highest BCUT2D eigenvalue weighted by molar-refractivity contribution is 5.91. The van der Waals surface area contributed by atoms with E-state index in [2.05, 4.69) is 10.3 Å². The van der Waals surface area contributed by atoms with Crippen LogP contribution in [-0.2, 0) is 11.3 Å². The van der Waals surface area contributed by atoms with Gasteiger partial charge in [-0.3, -0.25) is 9.78 Å². The Bertz CT molecular complexity index is 752. The summed E-state index contributed by atoms with van der Waals surface area (Å²) in [5.41, 5.74) is 1.34. The van der Waals surface area contributed by atoms with E-state index in [9.17, 15) is 9.18 Å². The molecule has 0 aliphatic heterocycles. The van der Waals surface area contributed by atoms with Gasteiger partial charge in [-0.2, -0.15) is 0 Å². The molecule has 0 unspecified atom stereocenters. The number of benzene rings is 1. The zero-order valence-corrected chi connectivity index (χ0v) is 10.6. The summed E-state index contributed by atoms with van der Waals surface area (Å²) in [7, 11) is 0. The quantitative estimate of drug-likeness (QED) is 0.794. The van der Waals surface area contributed by atoms with Gasteiger partial charge in [-0.1, -0.05) is 0 Å². The number of carbonyl (C=O) groups excluding carboxylic acids is 1. The van der Waals surface area contributed by atoms with Crippen LogP contribution in [0, 0.1) is 5.82 Å². The third-order valence-electron chi connectivity index (χ3n) is 3.00. The molecule has 1 N–H and O–H groups in total. The summed E-state index contributed by atoms with van der Waals surface area (Å²) in [6.45, 7) is 0.127. The number of aromatic nitrogens is 2. The minimum absolute atomic E-state index is 0.127. The monoisotopic (exact) mass is 269 g/mol. The van der Waals surface area contributed by atoms with Crippen molar-refractivity contribution < 1.29 is 9.18 Å². The maximum absolute atomic E-state index is 13.3. The van der Waals surface area contributed by atoms with Crippen molar-refractivity contribution in [2.45, 2.75) is 6.54 Å². The van der Waals surface area contributed by atoms with Gasteiger partial charge in [-0.15, -0.1) is 0 Å². The van der Waals surface area contributed by atoms with Crippen LogP contribution in [-0.4, -0.2) is 15.5 Å². The first-order valence-electron chi connectivity index (χ1n) is 6.17. The minimum atomic E-state index is -0.315. The zero-order valence-electron chi connectivity index (χ0n) is 10.6. The summed E-state index contributed by atoms with van der Waals surface area (Å²) in [6, 6.07) is 9.88. The van der Waals surface area contributed by atoms with Crippen LogP contribution in [0.2, 0.25) is 0 Å². The molecule has 0 fully saturated rings. The predicted molar refractivity (Wildman–Crippen MR) is 74.8 cm³/mol. The van der Waals surface area contributed by atoms with Crippen LogP contribution in [0.5, 0.6) is 0 Å². The molecule has 20 heavy (non-hydrogen) atoms. The van der Waals surface area contributed by atoms with Crippen LogP contribution < -0.4 is 5.32 Å². The normalized spacial score (nSPS) is 10.7. The van der Waals surface area contributed by atoms with Gasteiger partial charge in [0.2, 0.25) is 5.91 Å². The molecule has 0 saturated carbocycles. The molecular weight excluding hydrogens is 257 g/mol. The van der Waals surface area contributed by atoms with Gasteiger partial charge in [-0.25, -0.2) is 4.39 Å². The largest absolute Gasteiger partial charge is 0.338 e. The van der Waals surface area contributed by atoms with E-state index in [1.54, 1.807) is 41.4 Å². The fourth-order valence-corrected chi connectivity index (χ4v) is 2.09. The summed E-state index contributed by atoms with van der Waals surface area (Å²) >= 11 is 0. The molecule has 1 amide bonds. The Kier molecular flexibility index (Phi) is 3.16. The Balaban J connectivity index is 1.79. The number of pyridine rings is 1. The molecule has 0 radical (unpaired) electrons. The smallest absolute Gasteiger partial charge is 0.244 e. The van der Waals surface area contributed by atoms with Crippen molar-refractivity contribution >= 4 is 22.5 Å². The van der Waals surface area contributed by atoms with Gasteiger partial charge < -0.3 is 9.88 Å². The van der Waals surface area contributed by atoms with E-state index < -0.39 is 0 Å². The van der Waals surface area contributed by atoms with Gasteiger partial charge in [0.1, 0.15) is 12.4 Å². The average molecular weight is 269 g/mol. The molecule has 0 aliphatic carbocycles. The van der Waals surface area contributed by atoms with Crippen LogP contribution >= 0.6 is 0 Å². The number of fused-ring (bicyclic) bond motifs is 1. The van der Waals surface area contributed by atoms with Crippen LogP contribution in [0.25, 0.3) is 10.9 Å². The van der Waals surface area contributed by atoms with Gasteiger partial charge in [0, 0.05) is 12.4 Å². The molecule has 4 nitrogen and oxygen atoms in total. The highest BCUT2D eigenvalue weighted by Crippen LogP contribution is 2.17. The first kappa shape index (κ1) is 12.3. The van der Waals surface area contributed by atoms with Crippen molar-refractivity contribution in [3.63, 3.8) is 0 Å². The molecule has 0 bridgehead atoms. The lowest BCUT2D eigenvalue weighted by Crippen LogP contribution is -2.18. The lowest BCUT2D eigenvalue weighted by atomic mass is 10.2. The molecule has 5 heteroatoms. The molecule has 0 saturated heterocycles. The molecule has 2 aromatic heterocycles. The number of hydrogen-bond acceptors (Lipinski definition) is 2. The van der Waals surface area contributed by atoms with E-state index in [0.717, 1.165) is 5.39 Å². The number of rotatable bonds is 3. The fraction of sp³-hybridized carbons (Fsp3) is 0.0667. The second-order valence-corrected chi connectivity index (χ2v) is 4.44. The number of carbonyl (C=O) groups is 1. The topological polar surface area (TPSA) is 46.9 Å². The third-order valence-corrected chi connectivity index (χ3v) is 3.00.